The standard InChI is InChI=1S/C30H30N4O2.C12H8N2.C8H5F3O2S.Eu/c1-29(2,3)23-14-10-19(11-15-23)25-31-33-27(35-25)21-8-7-9-22(18-21)28-34-32-26(36-28)20-12-16-24(17-13-20)30(4,5)6;1-3-9-5-6-10-4-2-8-14-12(10)11(9)13-7-1;9-8(10,11)7(13)4-5(12)6-2-1-3-14-6;/h7-18H,1-6H3;1-8H;1-4,13H;/q;-2;;+2. The molecule has 0 spiro atoms. The van der Waals surface area contributed by atoms with Crippen LogP contribution in [0.15, 0.2) is 148 Å². The molecule has 5 heterocycles. The summed E-state index contributed by atoms with van der Waals surface area (Å²) in [6, 6.07) is 31.2. The zero-order chi connectivity index (χ0) is 45.6. The summed E-state index contributed by atoms with van der Waals surface area (Å²) in [5.74, 6) is -0.900. The topological polar surface area (TPSA) is 143 Å². The van der Waals surface area contributed by atoms with E-state index < -0.39 is 17.7 Å². The Bertz CT molecular complexity index is 2820. The van der Waals surface area contributed by atoms with Crippen LogP contribution in [0.3, 0.4) is 0 Å². The van der Waals surface area contributed by atoms with Gasteiger partial charge in [0.2, 0.25) is 29.3 Å². The second-order valence-corrected chi connectivity index (χ2v) is 17.6. The van der Waals surface area contributed by atoms with Crippen molar-refractivity contribution in [3.63, 3.8) is 0 Å². The van der Waals surface area contributed by atoms with Crippen LogP contribution in [0.1, 0.15) is 62.3 Å². The molecule has 331 valence electrons. The van der Waals surface area contributed by atoms with Gasteiger partial charge in [-0.05, 0) is 86.3 Å². The maximum Gasteiger partial charge on any atom is 2.00 e. The van der Waals surface area contributed by atoms with Gasteiger partial charge in [-0.1, -0.05) is 114 Å². The molecular weight excluding hydrogens is 990 g/mol. The van der Waals surface area contributed by atoms with E-state index in [4.69, 9.17) is 13.9 Å². The third-order valence-corrected chi connectivity index (χ3v) is 10.8. The fourth-order valence-corrected chi connectivity index (χ4v) is 6.94. The van der Waals surface area contributed by atoms with E-state index in [0.29, 0.717) is 23.6 Å². The molecule has 4 aromatic carbocycles. The minimum absolute atomic E-state index is 0. The van der Waals surface area contributed by atoms with Gasteiger partial charge in [0.25, 0.3) is 0 Å². The minimum atomic E-state index is -4.87. The summed E-state index contributed by atoms with van der Waals surface area (Å²) in [5.41, 5.74) is 7.97. The molecule has 0 fully saturated rings. The number of aliphatic hydroxyl groups is 1. The van der Waals surface area contributed by atoms with E-state index in [2.05, 4.69) is 121 Å². The summed E-state index contributed by atoms with van der Waals surface area (Å²) in [7, 11) is 0. The van der Waals surface area contributed by atoms with Gasteiger partial charge in [-0.15, -0.1) is 43.1 Å². The van der Waals surface area contributed by atoms with E-state index in [0.717, 1.165) is 55.4 Å². The molecule has 0 unspecified atom stereocenters. The van der Waals surface area contributed by atoms with Crippen molar-refractivity contribution in [1.29, 1.82) is 0 Å². The Kier molecular flexibility index (Phi) is 15.5. The fraction of sp³-hybridized carbons (Fsp3) is 0.180. The number of fused-ring (bicyclic) bond motifs is 3. The molecule has 2 aliphatic rings. The van der Waals surface area contributed by atoms with Gasteiger partial charge in [0.05, 0.1) is 4.88 Å². The molecular formula is C50H43EuF3N6O4S. The van der Waals surface area contributed by atoms with Crippen LogP contribution in [-0.2, 0) is 10.8 Å². The number of carbonyl (C=O) groups excluding carboxylic acids is 1. The molecule has 0 aliphatic carbocycles. The number of alkyl halides is 3. The quantitative estimate of drug-likeness (QED) is 0.0985. The molecule has 3 aromatic heterocycles. The van der Waals surface area contributed by atoms with Gasteiger partial charge in [-0.25, -0.2) is 0 Å². The van der Waals surface area contributed by atoms with Crippen LogP contribution in [0.25, 0.3) is 68.6 Å². The zero-order valence-corrected chi connectivity index (χ0v) is 39.4. The van der Waals surface area contributed by atoms with Crippen LogP contribution in [0.2, 0.25) is 0 Å². The summed E-state index contributed by atoms with van der Waals surface area (Å²) >= 11 is 1.01. The number of allylic oxidation sites excluding steroid dienone is 4. The number of hydrogen-bond donors (Lipinski definition) is 1. The monoisotopic (exact) mass is 1030 g/mol. The van der Waals surface area contributed by atoms with E-state index in [1.165, 1.54) is 23.3 Å². The molecule has 10 nitrogen and oxygen atoms in total. The fourth-order valence-electron chi connectivity index (χ4n) is 6.30. The number of halogens is 3. The van der Waals surface area contributed by atoms with Crippen molar-refractivity contribution >= 4 is 40.6 Å². The Morgan fingerprint density at radius 1 is 0.615 bits per heavy atom. The summed E-state index contributed by atoms with van der Waals surface area (Å²) in [6.45, 7) is 13.1. The summed E-state index contributed by atoms with van der Waals surface area (Å²) in [4.78, 5) is 11.2. The van der Waals surface area contributed by atoms with Crippen molar-refractivity contribution in [2.45, 2.75) is 58.5 Å². The Morgan fingerprint density at radius 2 is 1.05 bits per heavy atom. The predicted molar refractivity (Wildman–Crippen MR) is 246 cm³/mol. The third kappa shape index (κ3) is 12.3. The van der Waals surface area contributed by atoms with Crippen molar-refractivity contribution in [3.8, 4) is 45.8 Å². The average molecular weight is 1030 g/mol. The number of rotatable bonds is 6. The first kappa shape index (κ1) is 48.7. The van der Waals surface area contributed by atoms with Crippen molar-refractivity contribution in [2.24, 2.45) is 0 Å². The molecule has 65 heavy (non-hydrogen) atoms. The maximum atomic E-state index is 11.8. The molecule has 0 atom stereocenters. The number of hydrogen-bond acceptors (Lipinski definition) is 9. The molecule has 0 amide bonds. The molecule has 0 saturated heterocycles. The van der Waals surface area contributed by atoms with Crippen molar-refractivity contribution in [2.75, 3.05) is 0 Å². The molecule has 0 saturated carbocycles. The van der Waals surface area contributed by atoms with Crippen LogP contribution in [0.4, 0.5) is 24.5 Å². The van der Waals surface area contributed by atoms with Gasteiger partial charge < -0.3 is 24.6 Å². The number of benzene rings is 4. The summed E-state index contributed by atoms with van der Waals surface area (Å²) in [5, 5.41) is 38.1. The average Bonchev–Trinajstić information content (AvgIpc) is 4.10. The summed E-state index contributed by atoms with van der Waals surface area (Å²) in [6.07, 6.45) is 6.90. The van der Waals surface area contributed by atoms with Crippen LogP contribution in [-0.4, -0.2) is 37.5 Å². The van der Waals surface area contributed by atoms with E-state index in [1.54, 1.807) is 17.8 Å². The number of thiophene rings is 1. The number of aliphatic hydroxyl groups excluding tert-OH is 1. The van der Waals surface area contributed by atoms with Crippen molar-refractivity contribution in [3.05, 3.63) is 176 Å². The number of nitrogens with zero attached hydrogens (tertiary/aromatic N) is 6. The van der Waals surface area contributed by atoms with Crippen LogP contribution < -0.4 is 10.4 Å². The molecule has 15 heteroatoms. The second-order valence-electron chi connectivity index (χ2n) is 16.6. The van der Waals surface area contributed by atoms with Gasteiger partial charge in [0.15, 0.2) is 5.78 Å². The van der Waals surface area contributed by atoms with Gasteiger partial charge in [-0.2, -0.15) is 25.6 Å². The summed E-state index contributed by atoms with van der Waals surface area (Å²) < 4.78 is 47.3. The van der Waals surface area contributed by atoms with E-state index >= 15 is 0 Å². The van der Waals surface area contributed by atoms with Gasteiger partial charge in [0.1, 0.15) is 0 Å². The molecule has 1 radical (unpaired) electrons. The predicted octanol–water partition coefficient (Wildman–Crippen LogP) is 13.0. The zero-order valence-electron chi connectivity index (χ0n) is 36.1. The van der Waals surface area contributed by atoms with Crippen molar-refractivity contribution < 1.29 is 81.3 Å². The number of carbonyl (C=O) groups is 1. The van der Waals surface area contributed by atoms with Gasteiger partial charge in [-0.3, -0.25) is 4.79 Å². The first-order valence-corrected chi connectivity index (χ1v) is 21.0. The molecule has 0 bridgehead atoms. The Balaban J connectivity index is 0.000000197. The second kappa shape index (κ2) is 20.6. The van der Waals surface area contributed by atoms with Crippen LogP contribution >= 0.6 is 11.3 Å². The van der Waals surface area contributed by atoms with E-state index in [9.17, 15) is 18.0 Å². The van der Waals surface area contributed by atoms with E-state index in [-0.39, 0.29) is 71.2 Å². The minimum Gasteiger partial charge on any atom is -0.665 e. The largest absolute Gasteiger partial charge is 2.00 e. The van der Waals surface area contributed by atoms with E-state index in [1.807, 2.05) is 60.7 Å². The smallest absolute Gasteiger partial charge is 0.665 e. The molecule has 9 rings (SSSR count). The Labute approximate surface area is 419 Å². The number of ketones is 1. The van der Waals surface area contributed by atoms with Crippen molar-refractivity contribution in [1.82, 2.24) is 20.4 Å². The maximum absolute atomic E-state index is 11.8. The van der Waals surface area contributed by atoms with Crippen LogP contribution in [0, 0.1) is 49.4 Å². The third-order valence-electron chi connectivity index (χ3n) is 9.87. The first-order chi connectivity index (χ1) is 30.4. The van der Waals surface area contributed by atoms with Gasteiger partial charge in [0, 0.05) is 28.3 Å². The first-order valence-electron chi connectivity index (χ1n) is 20.1. The SMILES string of the molecule is C1=C[N-]c2c3c(ccc2=C1)=CC=C[N-]3.CC(C)(C)c1ccc(-c2nnc(-c3cccc(-c4nnc(-c5ccc(C(C)(C)C)cc5)o4)c3)o2)cc1.O=C(C=C(O)C(F)(F)F)c1cccs1.[Eu+2]. The normalized spacial score (nSPS) is 12.8. The molecule has 1 N–H and O–H groups in total. The van der Waals surface area contributed by atoms with Crippen LogP contribution in [0.5, 0.6) is 0 Å². The van der Waals surface area contributed by atoms with Gasteiger partial charge >= 0.3 is 55.6 Å². The Hall–Kier alpha value is -5.74. The molecule has 7 aromatic rings. The number of aromatic nitrogens is 4. The Morgan fingerprint density at radius 3 is 1.43 bits per heavy atom. The molecule has 2 aliphatic heterocycles.